The van der Waals surface area contributed by atoms with Crippen molar-refractivity contribution in [2.45, 2.75) is 27.7 Å². The zero-order valence-electron chi connectivity index (χ0n) is 29.9. The molecular formula is C49H39N3. The monoisotopic (exact) mass is 669 g/mol. The Morgan fingerprint density at radius 3 is 1.54 bits per heavy atom. The number of aromatic nitrogens is 3. The lowest BCUT2D eigenvalue weighted by Crippen LogP contribution is -2.00. The molecule has 0 spiro atoms. The smallest absolute Gasteiger partial charge is 0.164 e. The summed E-state index contributed by atoms with van der Waals surface area (Å²) in [6.07, 6.45) is 8.75. The van der Waals surface area contributed by atoms with Gasteiger partial charge in [0, 0.05) is 16.7 Å². The van der Waals surface area contributed by atoms with Crippen LogP contribution < -0.4 is 0 Å². The predicted molar refractivity (Wildman–Crippen MR) is 221 cm³/mol. The molecule has 0 aliphatic carbocycles. The Bertz CT molecular complexity index is 2590. The molecule has 3 heteroatoms. The van der Waals surface area contributed by atoms with Crippen LogP contribution in [0.5, 0.6) is 0 Å². The van der Waals surface area contributed by atoms with Gasteiger partial charge in [0.25, 0.3) is 0 Å². The van der Waals surface area contributed by atoms with Gasteiger partial charge in [-0.1, -0.05) is 140 Å². The quantitative estimate of drug-likeness (QED) is 0.169. The zero-order valence-corrected chi connectivity index (χ0v) is 29.9. The van der Waals surface area contributed by atoms with Crippen LogP contribution in [0.1, 0.15) is 36.1 Å². The molecule has 1 heterocycles. The maximum absolute atomic E-state index is 5.13. The van der Waals surface area contributed by atoms with Crippen LogP contribution in [0.2, 0.25) is 0 Å². The third-order valence-corrected chi connectivity index (χ3v) is 9.96. The van der Waals surface area contributed by atoms with Gasteiger partial charge in [-0.15, -0.1) is 0 Å². The van der Waals surface area contributed by atoms with Crippen LogP contribution in [-0.4, -0.2) is 15.0 Å². The summed E-state index contributed by atoms with van der Waals surface area (Å²) < 4.78 is 0. The molecular weight excluding hydrogens is 631 g/mol. The van der Waals surface area contributed by atoms with Crippen molar-refractivity contribution in [2.24, 2.45) is 0 Å². The van der Waals surface area contributed by atoms with Gasteiger partial charge in [-0.3, -0.25) is 0 Å². The number of rotatable bonds is 7. The van der Waals surface area contributed by atoms with E-state index in [9.17, 15) is 0 Å². The Kier molecular flexibility index (Phi) is 8.84. The number of hydrogen-bond acceptors (Lipinski definition) is 3. The van der Waals surface area contributed by atoms with Crippen LogP contribution in [0.3, 0.4) is 0 Å². The van der Waals surface area contributed by atoms with Gasteiger partial charge in [-0.05, 0) is 118 Å². The van der Waals surface area contributed by atoms with E-state index in [2.05, 4.69) is 155 Å². The Balaban J connectivity index is 1.41. The van der Waals surface area contributed by atoms with Crippen LogP contribution in [-0.2, 0) is 0 Å². The Labute approximate surface area is 305 Å². The molecule has 250 valence electrons. The van der Waals surface area contributed by atoms with Crippen molar-refractivity contribution in [3.63, 3.8) is 0 Å². The first-order valence-electron chi connectivity index (χ1n) is 17.9. The maximum Gasteiger partial charge on any atom is 0.164 e. The molecule has 8 aromatic rings. The fourth-order valence-corrected chi connectivity index (χ4v) is 7.25. The summed E-state index contributed by atoms with van der Waals surface area (Å²) in [5.74, 6) is 1.92. The second-order valence-corrected chi connectivity index (χ2v) is 13.2. The van der Waals surface area contributed by atoms with E-state index in [-0.39, 0.29) is 0 Å². The van der Waals surface area contributed by atoms with Crippen molar-refractivity contribution < 1.29 is 0 Å². The third-order valence-electron chi connectivity index (χ3n) is 9.96. The molecule has 0 N–H and O–H groups in total. The molecule has 0 atom stereocenters. The summed E-state index contributed by atoms with van der Waals surface area (Å²) in [6, 6.07) is 49.1. The van der Waals surface area contributed by atoms with Crippen molar-refractivity contribution >= 4 is 33.7 Å². The molecule has 0 saturated heterocycles. The van der Waals surface area contributed by atoms with Gasteiger partial charge >= 0.3 is 0 Å². The standard InChI is InChI=1S/C49H39N3/c1-5-16-41-32(3)33(4)42(17-6-2)46-31-37(26-27-45(41)46)38-28-39(44-25-15-23-34-18-13-14-24-43(34)44)30-40(29-38)49-51-47(35-19-9-7-10-20-35)50-48(52-49)36-21-11-8-12-22-36/h5-31H,1-4H3/b16-5-,17-6-. The summed E-state index contributed by atoms with van der Waals surface area (Å²) in [6.45, 7) is 8.64. The average Bonchev–Trinajstić information content (AvgIpc) is 3.21. The predicted octanol–water partition coefficient (Wildman–Crippen LogP) is 13.2. The lowest BCUT2D eigenvalue weighted by molar-refractivity contribution is 1.07. The van der Waals surface area contributed by atoms with E-state index >= 15 is 0 Å². The van der Waals surface area contributed by atoms with Gasteiger partial charge in [0.2, 0.25) is 0 Å². The van der Waals surface area contributed by atoms with Gasteiger partial charge in [0.15, 0.2) is 17.5 Å². The average molecular weight is 670 g/mol. The van der Waals surface area contributed by atoms with E-state index < -0.39 is 0 Å². The zero-order chi connectivity index (χ0) is 35.6. The normalized spacial score (nSPS) is 11.7. The molecule has 0 amide bonds. The lowest BCUT2D eigenvalue weighted by Gasteiger charge is -2.17. The van der Waals surface area contributed by atoms with E-state index in [0.717, 1.165) is 33.4 Å². The Hall–Kier alpha value is -6.45. The van der Waals surface area contributed by atoms with E-state index in [1.54, 1.807) is 0 Å². The van der Waals surface area contributed by atoms with Crippen LogP contribution in [0.4, 0.5) is 0 Å². The molecule has 1 aromatic heterocycles. The van der Waals surface area contributed by atoms with E-state index in [1.165, 1.54) is 49.4 Å². The van der Waals surface area contributed by atoms with Crippen molar-refractivity contribution in [1.82, 2.24) is 15.0 Å². The van der Waals surface area contributed by atoms with E-state index in [1.807, 2.05) is 36.4 Å². The first-order valence-corrected chi connectivity index (χ1v) is 17.9. The molecule has 0 fully saturated rings. The molecule has 0 aliphatic rings. The first-order chi connectivity index (χ1) is 25.5. The fraction of sp³-hybridized carbons (Fsp3) is 0.0816. The Morgan fingerprint density at radius 1 is 0.385 bits per heavy atom. The van der Waals surface area contributed by atoms with Crippen molar-refractivity contribution in [1.29, 1.82) is 0 Å². The van der Waals surface area contributed by atoms with Gasteiger partial charge in [-0.25, -0.2) is 15.0 Å². The Morgan fingerprint density at radius 2 is 0.904 bits per heavy atom. The number of fused-ring (bicyclic) bond motifs is 2. The summed E-state index contributed by atoms with van der Waals surface area (Å²) in [4.78, 5) is 15.2. The summed E-state index contributed by atoms with van der Waals surface area (Å²) in [5.41, 5.74) is 12.5. The molecule has 0 unspecified atom stereocenters. The summed E-state index contributed by atoms with van der Waals surface area (Å²) >= 11 is 0. The van der Waals surface area contributed by atoms with Crippen LogP contribution >= 0.6 is 0 Å². The number of allylic oxidation sites excluding steroid dienone is 2. The second-order valence-electron chi connectivity index (χ2n) is 13.2. The van der Waals surface area contributed by atoms with E-state index in [4.69, 9.17) is 15.0 Å². The molecule has 0 aliphatic heterocycles. The highest BCUT2D eigenvalue weighted by Gasteiger charge is 2.17. The molecule has 3 nitrogen and oxygen atoms in total. The van der Waals surface area contributed by atoms with Gasteiger partial charge < -0.3 is 0 Å². The van der Waals surface area contributed by atoms with Crippen LogP contribution in [0.15, 0.2) is 152 Å². The third kappa shape index (κ3) is 6.12. The van der Waals surface area contributed by atoms with Crippen molar-refractivity contribution in [3.05, 3.63) is 174 Å². The SMILES string of the molecule is C/C=C\c1c(C)c(C)c(/C=C\C)c2cc(-c3cc(-c4nc(-c5ccccc5)nc(-c5ccccc5)n4)cc(-c4cccc5ccccc45)c3)ccc12. The lowest BCUT2D eigenvalue weighted by atomic mass is 9.87. The minimum atomic E-state index is 0.633. The van der Waals surface area contributed by atoms with Crippen LogP contribution in [0.25, 0.3) is 90.1 Å². The largest absolute Gasteiger partial charge is 0.208 e. The van der Waals surface area contributed by atoms with Crippen molar-refractivity contribution in [2.75, 3.05) is 0 Å². The van der Waals surface area contributed by atoms with Gasteiger partial charge in [-0.2, -0.15) is 0 Å². The molecule has 52 heavy (non-hydrogen) atoms. The molecule has 0 saturated carbocycles. The molecule has 0 bridgehead atoms. The number of benzene rings is 7. The molecule has 8 rings (SSSR count). The maximum atomic E-state index is 5.13. The molecule has 7 aromatic carbocycles. The first kappa shape index (κ1) is 32.7. The minimum Gasteiger partial charge on any atom is -0.208 e. The second kappa shape index (κ2) is 14.0. The highest BCUT2D eigenvalue weighted by Crippen LogP contribution is 2.39. The fourth-order valence-electron chi connectivity index (χ4n) is 7.25. The summed E-state index contributed by atoms with van der Waals surface area (Å²) in [5, 5.41) is 4.89. The topological polar surface area (TPSA) is 38.7 Å². The number of hydrogen-bond donors (Lipinski definition) is 0. The highest BCUT2D eigenvalue weighted by atomic mass is 15.0. The van der Waals surface area contributed by atoms with Crippen molar-refractivity contribution in [3.8, 4) is 56.4 Å². The minimum absolute atomic E-state index is 0.633. The van der Waals surface area contributed by atoms with Crippen LogP contribution in [0, 0.1) is 13.8 Å². The van der Waals surface area contributed by atoms with Gasteiger partial charge in [0.05, 0.1) is 0 Å². The summed E-state index contributed by atoms with van der Waals surface area (Å²) in [7, 11) is 0. The van der Waals surface area contributed by atoms with E-state index in [0.29, 0.717) is 17.5 Å². The van der Waals surface area contributed by atoms with Gasteiger partial charge in [0.1, 0.15) is 0 Å². The number of nitrogens with zero attached hydrogens (tertiary/aromatic N) is 3. The molecule has 0 radical (unpaired) electrons. The highest BCUT2D eigenvalue weighted by molar-refractivity contribution is 6.02.